The second-order valence-corrected chi connectivity index (χ2v) is 5.42. The Kier molecular flexibility index (Phi) is 3.70. The van der Waals surface area contributed by atoms with Crippen molar-refractivity contribution in [3.05, 3.63) is 53.7 Å². The summed E-state index contributed by atoms with van der Waals surface area (Å²) in [5, 5.41) is 4.80. The molecule has 0 radical (unpaired) electrons. The summed E-state index contributed by atoms with van der Waals surface area (Å²) in [4.78, 5) is 8.93. The quantitative estimate of drug-likeness (QED) is 0.738. The predicted molar refractivity (Wildman–Crippen MR) is 82.9 cm³/mol. The number of halogens is 1. The molecule has 0 aliphatic rings. The number of rotatable bonds is 4. The van der Waals surface area contributed by atoms with Crippen molar-refractivity contribution < 1.29 is 4.39 Å². The number of benzene rings is 1. The Hall–Kier alpha value is -2.21. The van der Waals surface area contributed by atoms with Gasteiger partial charge in [-0.3, -0.25) is 5.01 Å². The van der Waals surface area contributed by atoms with Crippen LogP contribution in [0, 0.1) is 5.82 Å². The highest BCUT2D eigenvalue weighted by atomic mass is 32.1. The molecule has 0 spiro atoms. The van der Waals surface area contributed by atoms with Crippen molar-refractivity contribution in [1.82, 2.24) is 14.6 Å². The molecule has 1 aromatic carbocycles. The van der Waals surface area contributed by atoms with Gasteiger partial charge in [-0.15, -0.1) is 11.3 Å². The first kappa shape index (κ1) is 13.8. The van der Waals surface area contributed by atoms with Crippen LogP contribution in [0.5, 0.6) is 0 Å². The largest absolute Gasteiger partial charge is 0.257 e. The van der Waals surface area contributed by atoms with Crippen LogP contribution in [0.3, 0.4) is 0 Å². The van der Waals surface area contributed by atoms with Gasteiger partial charge in [0.25, 0.3) is 0 Å². The van der Waals surface area contributed by atoms with Crippen molar-refractivity contribution in [3.8, 4) is 11.3 Å². The van der Waals surface area contributed by atoms with Gasteiger partial charge in [0, 0.05) is 36.8 Å². The average Bonchev–Trinajstić information content (AvgIpc) is 3.16. The summed E-state index contributed by atoms with van der Waals surface area (Å²) in [5.74, 6) is 0.744. The molecule has 21 heavy (non-hydrogen) atoms. The van der Waals surface area contributed by atoms with Crippen molar-refractivity contribution in [2.24, 2.45) is 0 Å². The molecule has 0 N–H and O–H groups in total. The first-order valence-electron chi connectivity index (χ1n) is 6.66. The van der Waals surface area contributed by atoms with Gasteiger partial charge < -0.3 is 0 Å². The lowest BCUT2D eigenvalue weighted by Gasteiger charge is -2.18. The van der Waals surface area contributed by atoms with Crippen LogP contribution in [0.4, 0.5) is 9.52 Å². The summed E-state index contributed by atoms with van der Waals surface area (Å²) < 4.78 is 14.9. The number of hydrogen-bond acceptors (Lipinski definition) is 4. The fourth-order valence-electron chi connectivity index (χ4n) is 2.11. The van der Waals surface area contributed by atoms with E-state index in [-0.39, 0.29) is 5.82 Å². The van der Waals surface area contributed by atoms with E-state index in [1.807, 2.05) is 28.3 Å². The number of thiazole rings is 1. The van der Waals surface area contributed by atoms with Crippen molar-refractivity contribution in [2.75, 3.05) is 12.1 Å². The van der Waals surface area contributed by atoms with Crippen molar-refractivity contribution in [3.63, 3.8) is 0 Å². The van der Waals surface area contributed by atoms with Crippen molar-refractivity contribution in [2.45, 2.75) is 13.3 Å². The Bertz CT molecular complexity index is 732. The summed E-state index contributed by atoms with van der Waals surface area (Å²) in [6.45, 7) is 2.07. The van der Waals surface area contributed by atoms with E-state index >= 15 is 0 Å². The molecule has 0 aliphatic carbocycles. The number of aromatic nitrogens is 3. The van der Waals surface area contributed by atoms with E-state index in [0.717, 1.165) is 28.6 Å². The van der Waals surface area contributed by atoms with Gasteiger partial charge >= 0.3 is 0 Å². The molecule has 4 nitrogen and oxygen atoms in total. The van der Waals surface area contributed by atoms with Crippen LogP contribution in [0.1, 0.15) is 12.7 Å². The molecule has 0 saturated carbocycles. The molecule has 0 unspecified atom stereocenters. The molecule has 2 aromatic heterocycles. The molecule has 0 amide bonds. The number of nitrogens with zero attached hydrogens (tertiary/aromatic N) is 4. The highest BCUT2D eigenvalue weighted by molar-refractivity contribution is 7.14. The third-order valence-corrected chi connectivity index (χ3v) is 4.15. The summed E-state index contributed by atoms with van der Waals surface area (Å²) >= 11 is 1.55. The molecule has 0 saturated heterocycles. The third-order valence-electron chi connectivity index (χ3n) is 3.24. The molecule has 0 fully saturated rings. The van der Waals surface area contributed by atoms with E-state index in [2.05, 4.69) is 16.9 Å². The first-order valence-corrected chi connectivity index (χ1v) is 7.54. The van der Waals surface area contributed by atoms with Crippen LogP contribution < -0.4 is 5.01 Å². The topological polar surface area (TPSA) is 34.0 Å². The number of imidazole rings is 1. The van der Waals surface area contributed by atoms with Crippen molar-refractivity contribution >= 4 is 16.5 Å². The van der Waals surface area contributed by atoms with Gasteiger partial charge in [0.15, 0.2) is 0 Å². The highest BCUT2D eigenvalue weighted by Gasteiger charge is 2.12. The Balaban J connectivity index is 1.89. The zero-order chi connectivity index (χ0) is 14.8. The maximum absolute atomic E-state index is 13.0. The number of anilines is 1. The molecule has 108 valence electrons. The molecule has 6 heteroatoms. The minimum Gasteiger partial charge on any atom is -0.257 e. The summed E-state index contributed by atoms with van der Waals surface area (Å²) in [6, 6.07) is 6.37. The van der Waals surface area contributed by atoms with Crippen LogP contribution in [0.15, 0.2) is 42.0 Å². The molecular formula is C15H15FN4S. The van der Waals surface area contributed by atoms with E-state index in [1.54, 1.807) is 29.7 Å². The Morgan fingerprint density at radius 3 is 2.76 bits per heavy atom. The van der Waals surface area contributed by atoms with Gasteiger partial charge in [0.1, 0.15) is 11.6 Å². The summed E-state index contributed by atoms with van der Waals surface area (Å²) in [6.07, 6.45) is 4.55. The fourth-order valence-corrected chi connectivity index (χ4v) is 2.91. The van der Waals surface area contributed by atoms with Gasteiger partial charge in [-0.25, -0.2) is 19.0 Å². The van der Waals surface area contributed by atoms with Gasteiger partial charge in [0.2, 0.25) is 5.13 Å². The summed E-state index contributed by atoms with van der Waals surface area (Å²) in [5.41, 5.74) is 1.76. The van der Waals surface area contributed by atoms with E-state index < -0.39 is 0 Å². The Labute approximate surface area is 126 Å². The molecule has 0 aliphatic heterocycles. The molecule has 0 atom stereocenters. The number of aryl methyl sites for hydroxylation is 1. The zero-order valence-electron chi connectivity index (χ0n) is 11.8. The van der Waals surface area contributed by atoms with E-state index in [4.69, 9.17) is 0 Å². The zero-order valence-corrected chi connectivity index (χ0v) is 12.6. The molecule has 3 aromatic rings. The number of hydrogen-bond donors (Lipinski definition) is 0. The van der Waals surface area contributed by atoms with Gasteiger partial charge in [-0.1, -0.05) is 6.92 Å². The predicted octanol–water partition coefficient (Wildman–Crippen LogP) is 3.61. The van der Waals surface area contributed by atoms with Crippen LogP contribution in [-0.2, 0) is 6.42 Å². The molecule has 0 bridgehead atoms. The smallest absolute Gasteiger partial charge is 0.205 e. The third kappa shape index (κ3) is 2.67. The van der Waals surface area contributed by atoms with Gasteiger partial charge in [-0.2, -0.15) is 0 Å². The minimum absolute atomic E-state index is 0.239. The standard InChI is InChI=1S/C15H15FN4S/c1-3-14-17-8-9-20(14)19(2)15-18-13(10-21-15)11-4-6-12(16)7-5-11/h4-10H,3H2,1-2H3. The lowest BCUT2D eigenvalue weighted by Crippen LogP contribution is -2.25. The van der Waals surface area contributed by atoms with Crippen LogP contribution in [-0.4, -0.2) is 21.7 Å². The average molecular weight is 302 g/mol. The summed E-state index contributed by atoms with van der Waals surface area (Å²) in [7, 11) is 1.95. The van der Waals surface area contributed by atoms with Crippen molar-refractivity contribution in [1.29, 1.82) is 0 Å². The fraction of sp³-hybridized carbons (Fsp3) is 0.200. The van der Waals surface area contributed by atoms with Gasteiger partial charge in [0.05, 0.1) is 5.69 Å². The lowest BCUT2D eigenvalue weighted by molar-refractivity contribution is 0.628. The van der Waals surface area contributed by atoms with Gasteiger partial charge in [-0.05, 0) is 24.3 Å². The second-order valence-electron chi connectivity index (χ2n) is 4.59. The van der Waals surface area contributed by atoms with E-state index in [0.29, 0.717) is 0 Å². The highest BCUT2D eigenvalue weighted by Crippen LogP contribution is 2.27. The SMILES string of the molecule is CCc1nccn1N(C)c1nc(-c2ccc(F)cc2)cs1. The monoisotopic (exact) mass is 302 g/mol. The molecule has 3 rings (SSSR count). The van der Waals surface area contributed by atoms with Crippen LogP contribution in [0.2, 0.25) is 0 Å². The maximum Gasteiger partial charge on any atom is 0.205 e. The van der Waals surface area contributed by atoms with Crippen LogP contribution >= 0.6 is 11.3 Å². The minimum atomic E-state index is -0.239. The Morgan fingerprint density at radius 1 is 1.29 bits per heavy atom. The van der Waals surface area contributed by atoms with E-state index in [9.17, 15) is 4.39 Å². The molecular weight excluding hydrogens is 287 g/mol. The molecule has 2 heterocycles. The first-order chi connectivity index (χ1) is 10.2. The second kappa shape index (κ2) is 5.65. The maximum atomic E-state index is 13.0. The normalized spacial score (nSPS) is 10.8. The van der Waals surface area contributed by atoms with Crippen LogP contribution in [0.25, 0.3) is 11.3 Å². The van der Waals surface area contributed by atoms with E-state index in [1.165, 1.54) is 12.1 Å². The lowest BCUT2D eigenvalue weighted by atomic mass is 10.2. The Morgan fingerprint density at radius 2 is 2.05 bits per heavy atom.